The van der Waals surface area contributed by atoms with Crippen LogP contribution < -0.4 is 15.5 Å². The van der Waals surface area contributed by atoms with Crippen molar-refractivity contribution in [1.29, 1.82) is 5.26 Å². The molecule has 292 valence electrons. The number of halogens is 3. The number of hydrogen-bond donors (Lipinski definition) is 2. The van der Waals surface area contributed by atoms with Crippen LogP contribution in [0.3, 0.4) is 0 Å². The van der Waals surface area contributed by atoms with E-state index in [1.165, 1.54) is 10.5 Å². The molecule has 0 aliphatic carbocycles. The molecule has 17 heteroatoms. The topological polar surface area (TPSA) is 152 Å². The first-order valence-corrected chi connectivity index (χ1v) is 19.5. The Morgan fingerprint density at radius 3 is 2.32 bits per heavy atom. The van der Waals surface area contributed by atoms with Crippen molar-refractivity contribution in [3.8, 4) is 17.9 Å². The molecule has 3 amide bonds. The van der Waals surface area contributed by atoms with Crippen molar-refractivity contribution in [2.24, 2.45) is 7.05 Å². The van der Waals surface area contributed by atoms with Crippen molar-refractivity contribution in [3.05, 3.63) is 71.0 Å². The number of carbonyl (C=O) groups excluding carboxylic acids is 2. The number of imide groups is 1. The number of aromatic nitrogens is 4. The number of alkyl halides is 3. The quantitative estimate of drug-likeness (QED) is 0.238. The van der Waals surface area contributed by atoms with Crippen molar-refractivity contribution in [2.75, 3.05) is 42.9 Å². The van der Waals surface area contributed by atoms with E-state index in [1.807, 2.05) is 17.4 Å². The summed E-state index contributed by atoms with van der Waals surface area (Å²) in [4.78, 5) is 36.1. The normalized spacial score (nSPS) is 18.6. The van der Waals surface area contributed by atoms with Crippen molar-refractivity contribution < 1.29 is 27.0 Å². The fourth-order valence-corrected chi connectivity index (χ4v) is 8.67. The molecular weight excluding hydrogens is 746 g/mol. The SMILES string of the molecule is Cn1nc(N2CCC(=O)NC2=O)c2ccc(C3CCN(C(C)(C)C#Cc4cc(S(=O)N5CCC(Nc6ncc(C(F)(F)F)cn6)CC5)ccc4C#N)CC3)cc21. The van der Waals surface area contributed by atoms with Gasteiger partial charge in [0.1, 0.15) is 17.1 Å². The monoisotopic (exact) mass is 786 g/mol. The number of hydrogen-bond acceptors (Lipinski definition) is 9. The van der Waals surface area contributed by atoms with E-state index in [2.05, 4.69) is 74.5 Å². The lowest BCUT2D eigenvalue weighted by atomic mass is 9.87. The van der Waals surface area contributed by atoms with Crippen molar-refractivity contribution in [2.45, 2.75) is 74.5 Å². The molecule has 0 radical (unpaired) electrons. The predicted molar refractivity (Wildman–Crippen MR) is 204 cm³/mol. The fourth-order valence-electron chi connectivity index (χ4n) is 7.43. The zero-order chi connectivity index (χ0) is 39.8. The minimum Gasteiger partial charge on any atom is -0.351 e. The third-order valence-corrected chi connectivity index (χ3v) is 12.2. The largest absolute Gasteiger partial charge is 0.419 e. The van der Waals surface area contributed by atoms with Gasteiger partial charge in [-0.15, -0.1) is 0 Å². The Kier molecular flexibility index (Phi) is 10.9. The highest BCUT2D eigenvalue weighted by Gasteiger charge is 2.33. The summed E-state index contributed by atoms with van der Waals surface area (Å²) in [5.41, 5.74) is 1.61. The molecule has 56 heavy (non-hydrogen) atoms. The lowest BCUT2D eigenvalue weighted by Crippen LogP contribution is -2.49. The van der Waals surface area contributed by atoms with E-state index in [9.17, 15) is 32.2 Å². The van der Waals surface area contributed by atoms with Gasteiger partial charge in [0, 0.05) is 75.6 Å². The Morgan fingerprint density at radius 2 is 1.66 bits per heavy atom. The zero-order valence-corrected chi connectivity index (χ0v) is 32.0. The van der Waals surface area contributed by atoms with Gasteiger partial charge in [-0.1, -0.05) is 17.9 Å². The number of likely N-dealkylation sites (tertiary alicyclic amines) is 1. The van der Waals surface area contributed by atoms with Crippen LogP contribution in [0.15, 0.2) is 53.7 Å². The number of nitrogens with zero attached hydrogens (tertiary/aromatic N) is 8. The van der Waals surface area contributed by atoms with Gasteiger partial charge >= 0.3 is 12.2 Å². The number of benzene rings is 2. The van der Waals surface area contributed by atoms with E-state index in [4.69, 9.17) is 0 Å². The number of nitriles is 1. The van der Waals surface area contributed by atoms with Gasteiger partial charge in [0.2, 0.25) is 11.9 Å². The maximum atomic E-state index is 13.6. The Balaban J connectivity index is 0.965. The van der Waals surface area contributed by atoms with Crippen LogP contribution in [0, 0.1) is 23.2 Å². The number of amides is 3. The van der Waals surface area contributed by atoms with E-state index in [0.29, 0.717) is 53.7 Å². The van der Waals surface area contributed by atoms with Crippen LogP contribution in [-0.4, -0.2) is 89.4 Å². The maximum Gasteiger partial charge on any atom is 0.419 e. The molecule has 7 rings (SSSR count). The molecule has 2 aromatic carbocycles. The molecule has 0 spiro atoms. The molecule has 3 aliphatic rings. The van der Waals surface area contributed by atoms with E-state index < -0.39 is 34.3 Å². The highest BCUT2D eigenvalue weighted by Crippen LogP contribution is 2.35. The highest BCUT2D eigenvalue weighted by atomic mass is 32.2. The third kappa shape index (κ3) is 8.26. The Bertz CT molecular complexity index is 2280. The summed E-state index contributed by atoms with van der Waals surface area (Å²) in [6.07, 6.45) is 0.237. The average molecular weight is 787 g/mol. The third-order valence-electron chi connectivity index (χ3n) is 10.7. The molecule has 13 nitrogen and oxygen atoms in total. The second-order valence-corrected chi connectivity index (χ2v) is 16.2. The van der Waals surface area contributed by atoms with Gasteiger partial charge in [0.25, 0.3) is 0 Å². The molecule has 3 fully saturated rings. The molecule has 4 aromatic rings. The summed E-state index contributed by atoms with van der Waals surface area (Å²) in [5.74, 6) is 7.31. The molecule has 0 bridgehead atoms. The fraction of sp³-hybridized carbons (Fsp3) is 0.436. The summed E-state index contributed by atoms with van der Waals surface area (Å²) in [5, 5.41) is 20.8. The lowest BCUT2D eigenvalue weighted by Gasteiger charge is -2.40. The van der Waals surface area contributed by atoms with Crippen molar-refractivity contribution in [3.63, 3.8) is 0 Å². The van der Waals surface area contributed by atoms with Gasteiger partial charge in [0.15, 0.2) is 5.82 Å². The molecule has 2 aromatic heterocycles. The Hall–Kier alpha value is -5.36. The van der Waals surface area contributed by atoms with Crippen LogP contribution in [0.1, 0.15) is 74.1 Å². The number of fused-ring (bicyclic) bond motifs is 1. The van der Waals surface area contributed by atoms with Gasteiger partial charge in [-0.05, 0) is 81.3 Å². The van der Waals surface area contributed by atoms with E-state index in [0.717, 1.165) is 49.2 Å². The smallest absolute Gasteiger partial charge is 0.351 e. The number of carbonyl (C=O) groups is 2. The number of aryl methyl sites for hydroxylation is 1. The average Bonchev–Trinajstić information content (AvgIpc) is 3.51. The van der Waals surface area contributed by atoms with E-state index >= 15 is 0 Å². The minimum absolute atomic E-state index is 0.0853. The van der Waals surface area contributed by atoms with Crippen LogP contribution in [0.25, 0.3) is 10.9 Å². The van der Waals surface area contributed by atoms with Crippen LogP contribution >= 0.6 is 0 Å². The van der Waals surface area contributed by atoms with Gasteiger partial charge in [0.05, 0.1) is 27.1 Å². The lowest BCUT2D eigenvalue weighted by molar-refractivity contribution is -0.138. The number of urea groups is 1. The van der Waals surface area contributed by atoms with Crippen LogP contribution in [0.2, 0.25) is 0 Å². The number of piperidine rings is 2. The predicted octanol–water partition coefficient (Wildman–Crippen LogP) is 5.31. The second-order valence-electron chi connectivity index (χ2n) is 14.8. The van der Waals surface area contributed by atoms with Crippen molar-refractivity contribution >= 4 is 45.6 Å². The second kappa shape index (κ2) is 15.6. The number of anilines is 2. The van der Waals surface area contributed by atoms with Gasteiger partial charge < -0.3 is 5.32 Å². The molecule has 1 unspecified atom stereocenters. The molecule has 5 heterocycles. The first kappa shape index (κ1) is 38.9. The van der Waals surface area contributed by atoms with Crippen molar-refractivity contribution in [1.82, 2.24) is 34.3 Å². The summed E-state index contributed by atoms with van der Waals surface area (Å²) in [6, 6.07) is 13.0. The van der Waals surface area contributed by atoms with Gasteiger partial charge in [-0.2, -0.15) is 23.5 Å². The van der Waals surface area contributed by atoms with Gasteiger partial charge in [-0.25, -0.2) is 23.3 Å². The molecular formula is C39H41F3N10O3S. The standard InChI is InChI=1S/C39H41F3N10O3S/c1-38(2,50-15-9-25(10-16-50)26-5-7-32-33(21-26)49(3)48-35(32)52-19-13-34(53)47-37(52)54)14-8-27-20-31(6-4-28(27)22-43)56(55)51-17-11-30(12-18-51)46-36-44-23-29(24-45-36)39(40,41)42/h4-7,20-21,23-25,30H,9-13,15-19H2,1-3H3,(H,44,45,46)(H,47,53,54). The highest BCUT2D eigenvalue weighted by molar-refractivity contribution is 7.82. The maximum absolute atomic E-state index is 13.6. The van der Waals surface area contributed by atoms with Crippen LogP contribution in [-0.2, 0) is 29.0 Å². The zero-order valence-electron chi connectivity index (χ0n) is 31.2. The Morgan fingerprint density at radius 1 is 0.946 bits per heavy atom. The van der Waals surface area contributed by atoms with Crippen LogP contribution in [0.5, 0.6) is 0 Å². The summed E-state index contributed by atoms with van der Waals surface area (Å²) < 4.78 is 55.8. The molecule has 3 aliphatic heterocycles. The molecule has 3 saturated heterocycles. The van der Waals surface area contributed by atoms with E-state index in [-0.39, 0.29) is 30.9 Å². The van der Waals surface area contributed by atoms with Crippen LogP contribution in [0.4, 0.5) is 29.7 Å². The van der Waals surface area contributed by atoms with E-state index in [1.54, 1.807) is 22.9 Å². The first-order valence-electron chi connectivity index (χ1n) is 18.4. The first-order chi connectivity index (χ1) is 26.7. The van der Waals surface area contributed by atoms with Gasteiger partial charge in [-0.3, -0.25) is 24.6 Å². The summed E-state index contributed by atoms with van der Waals surface area (Å²) in [7, 11) is 0.347. The summed E-state index contributed by atoms with van der Waals surface area (Å²) in [6.45, 7) is 7.00. The Labute approximate surface area is 324 Å². The summed E-state index contributed by atoms with van der Waals surface area (Å²) >= 11 is 0. The minimum atomic E-state index is -4.51. The molecule has 0 saturated carbocycles. The molecule has 2 N–H and O–H groups in total. The number of nitrogens with one attached hydrogen (secondary N) is 2. The number of rotatable bonds is 7. The molecule has 1 atom stereocenters.